The van der Waals surface area contributed by atoms with Crippen LogP contribution in [0.4, 0.5) is 0 Å². The Morgan fingerprint density at radius 3 is 3.14 bits per heavy atom. The molecular weight excluding hydrogens is 262 g/mol. The molecular formula is C17H27N3O. The Balaban J connectivity index is 2.00. The summed E-state index contributed by atoms with van der Waals surface area (Å²) in [6.45, 7) is 6.91. The Bertz CT molecular complexity index is 478. The van der Waals surface area contributed by atoms with Gasteiger partial charge < -0.3 is 9.47 Å². The molecule has 0 aromatic carbocycles. The van der Waals surface area contributed by atoms with Gasteiger partial charge in [0.15, 0.2) is 0 Å². The first-order valence-electron chi connectivity index (χ1n) is 8.16. The maximum atomic E-state index is 12.2. The summed E-state index contributed by atoms with van der Waals surface area (Å²) in [5.41, 5.74) is 0. The first-order chi connectivity index (χ1) is 10.3. The summed E-state index contributed by atoms with van der Waals surface area (Å²) in [7, 11) is 0. The fraction of sp³-hybridized carbons (Fsp3) is 0.647. The third kappa shape index (κ3) is 4.19. The van der Waals surface area contributed by atoms with Crippen molar-refractivity contribution in [3.8, 4) is 0 Å². The average molecular weight is 289 g/mol. The summed E-state index contributed by atoms with van der Waals surface area (Å²) < 4.78 is 2.27. The highest BCUT2D eigenvalue weighted by molar-refractivity contribution is 5.77. The van der Waals surface area contributed by atoms with E-state index >= 15 is 0 Å². The fourth-order valence-corrected chi connectivity index (χ4v) is 2.96. The molecule has 1 aliphatic heterocycles. The highest BCUT2D eigenvalue weighted by atomic mass is 16.2. The lowest BCUT2D eigenvalue weighted by Gasteiger charge is -2.32. The summed E-state index contributed by atoms with van der Waals surface area (Å²) in [6.07, 6.45) is 13.0. The minimum atomic E-state index is 0.240. The predicted molar refractivity (Wildman–Crippen MR) is 85.1 cm³/mol. The molecule has 21 heavy (non-hydrogen) atoms. The molecule has 1 fully saturated rings. The topological polar surface area (TPSA) is 38.1 Å². The normalized spacial score (nSPS) is 19.3. The van der Waals surface area contributed by atoms with E-state index in [0.29, 0.717) is 12.3 Å². The molecule has 4 nitrogen and oxygen atoms in total. The number of carbonyl (C=O) groups is 1. The van der Waals surface area contributed by atoms with Crippen molar-refractivity contribution in [2.75, 3.05) is 13.1 Å². The smallest absolute Gasteiger partial charge is 0.226 e. The Morgan fingerprint density at radius 2 is 2.38 bits per heavy atom. The van der Waals surface area contributed by atoms with Crippen molar-refractivity contribution >= 4 is 5.91 Å². The van der Waals surface area contributed by atoms with Gasteiger partial charge in [0.1, 0.15) is 5.82 Å². The van der Waals surface area contributed by atoms with Gasteiger partial charge in [-0.2, -0.15) is 0 Å². The number of nitrogens with zero attached hydrogens (tertiary/aromatic N) is 3. The van der Waals surface area contributed by atoms with E-state index in [1.54, 1.807) is 0 Å². The number of imidazole rings is 1. The van der Waals surface area contributed by atoms with Gasteiger partial charge >= 0.3 is 0 Å². The molecule has 0 saturated carbocycles. The molecule has 116 valence electrons. The summed E-state index contributed by atoms with van der Waals surface area (Å²) in [4.78, 5) is 18.7. The molecule has 1 atom stereocenters. The highest BCUT2D eigenvalue weighted by Gasteiger charge is 2.26. The van der Waals surface area contributed by atoms with Crippen LogP contribution in [0.2, 0.25) is 0 Å². The molecule has 4 heteroatoms. The standard InChI is InChI=1S/C17H27N3O/c1-3-5-9-16(21)20-12-7-8-15(14-20)17-18-10-13-19(17)11-6-4-2/h3,5,10,13,15H,4,6-9,11-12,14H2,1-2H3/b5-3+/t15-/m1/s1. The number of piperidine rings is 1. The number of carbonyl (C=O) groups excluding carboxylic acids is 1. The van der Waals surface area contributed by atoms with Crippen LogP contribution < -0.4 is 0 Å². The average Bonchev–Trinajstić information content (AvgIpc) is 2.99. The molecule has 2 rings (SSSR count). The van der Waals surface area contributed by atoms with Gasteiger partial charge in [-0.05, 0) is 26.2 Å². The number of hydrogen-bond acceptors (Lipinski definition) is 2. The van der Waals surface area contributed by atoms with Crippen molar-refractivity contribution in [1.82, 2.24) is 14.5 Å². The molecule has 1 aromatic rings. The largest absolute Gasteiger partial charge is 0.342 e. The third-order valence-electron chi connectivity index (χ3n) is 4.17. The summed E-state index contributed by atoms with van der Waals surface area (Å²) in [5, 5.41) is 0. The van der Waals surface area contributed by atoms with Gasteiger partial charge in [-0.15, -0.1) is 0 Å². The second-order valence-electron chi connectivity index (χ2n) is 5.78. The van der Waals surface area contributed by atoms with Crippen LogP contribution in [0.1, 0.15) is 57.7 Å². The van der Waals surface area contributed by atoms with Gasteiger partial charge in [0.2, 0.25) is 5.91 Å². The summed E-state index contributed by atoms with van der Waals surface area (Å²) >= 11 is 0. The number of likely N-dealkylation sites (tertiary alicyclic amines) is 1. The molecule has 0 bridgehead atoms. The van der Waals surface area contributed by atoms with Gasteiger partial charge in [-0.3, -0.25) is 4.79 Å². The zero-order valence-electron chi connectivity index (χ0n) is 13.3. The quantitative estimate of drug-likeness (QED) is 0.753. The molecule has 0 unspecified atom stereocenters. The minimum absolute atomic E-state index is 0.240. The van der Waals surface area contributed by atoms with E-state index in [1.807, 2.05) is 30.2 Å². The second kappa shape index (κ2) is 8.01. The van der Waals surface area contributed by atoms with Gasteiger partial charge in [0.05, 0.1) is 0 Å². The Labute approximate surface area is 127 Å². The van der Waals surface area contributed by atoms with Gasteiger partial charge in [-0.25, -0.2) is 4.98 Å². The van der Waals surface area contributed by atoms with Crippen LogP contribution in [0, 0.1) is 0 Å². The summed E-state index contributed by atoms with van der Waals surface area (Å²) in [6, 6.07) is 0. The van der Waals surface area contributed by atoms with Crippen molar-refractivity contribution in [1.29, 1.82) is 0 Å². The van der Waals surface area contributed by atoms with Crippen molar-refractivity contribution in [3.63, 3.8) is 0 Å². The SMILES string of the molecule is C/C=C/CC(=O)N1CCC[C@@H](c2nccn2CCCC)C1. The zero-order chi connectivity index (χ0) is 15.1. The number of aromatic nitrogens is 2. The van der Waals surface area contributed by atoms with E-state index in [0.717, 1.165) is 38.3 Å². The maximum Gasteiger partial charge on any atom is 0.226 e. The van der Waals surface area contributed by atoms with E-state index in [-0.39, 0.29) is 5.91 Å². The minimum Gasteiger partial charge on any atom is -0.342 e. The van der Waals surface area contributed by atoms with Crippen LogP contribution >= 0.6 is 0 Å². The van der Waals surface area contributed by atoms with Crippen LogP contribution in [0.15, 0.2) is 24.5 Å². The Hall–Kier alpha value is -1.58. The molecule has 1 saturated heterocycles. The molecule has 1 aromatic heterocycles. The van der Waals surface area contributed by atoms with Crippen LogP contribution in [0.5, 0.6) is 0 Å². The van der Waals surface area contributed by atoms with E-state index in [1.165, 1.54) is 12.8 Å². The van der Waals surface area contributed by atoms with E-state index < -0.39 is 0 Å². The molecule has 2 heterocycles. The lowest BCUT2D eigenvalue weighted by Crippen LogP contribution is -2.39. The number of unbranched alkanes of at least 4 members (excludes halogenated alkanes) is 1. The highest BCUT2D eigenvalue weighted by Crippen LogP contribution is 2.26. The molecule has 0 N–H and O–H groups in total. The van der Waals surface area contributed by atoms with Crippen LogP contribution in [0.3, 0.4) is 0 Å². The first-order valence-corrected chi connectivity index (χ1v) is 8.16. The second-order valence-corrected chi connectivity index (χ2v) is 5.78. The van der Waals surface area contributed by atoms with Gasteiger partial charge in [0.25, 0.3) is 0 Å². The number of aryl methyl sites for hydroxylation is 1. The summed E-state index contributed by atoms with van der Waals surface area (Å²) in [5.74, 6) is 1.79. The van der Waals surface area contributed by atoms with Crippen LogP contribution in [0.25, 0.3) is 0 Å². The number of hydrogen-bond donors (Lipinski definition) is 0. The molecule has 0 radical (unpaired) electrons. The number of amides is 1. The zero-order valence-corrected chi connectivity index (χ0v) is 13.3. The Morgan fingerprint density at radius 1 is 1.52 bits per heavy atom. The van der Waals surface area contributed by atoms with E-state index in [4.69, 9.17) is 0 Å². The number of allylic oxidation sites excluding steroid dienone is 1. The lowest BCUT2D eigenvalue weighted by atomic mass is 9.96. The van der Waals surface area contributed by atoms with Crippen molar-refractivity contribution in [2.45, 2.75) is 58.4 Å². The molecule has 0 aliphatic carbocycles. The predicted octanol–water partition coefficient (Wildman–Crippen LogP) is 3.36. The van der Waals surface area contributed by atoms with E-state index in [9.17, 15) is 4.79 Å². The first kappa shape index (κ1) is 15.8. The fourth-order valence-electron chi connectivity index (χ4n) is 2.96. The molecule has 1 aliphatic rings. The van der Waals surface area contributed by atoms with Crippen LogP contribution in [-0.4, -0.2) is 33.4 Å². The van der Waals surface area contributed by atoms with Crippen molar-refractivity contribution in [3.05, 3.63) is 30.4 Å². The van der Waals surface area contributed by atoms with Gasteiger partial charge in [0, 0.05) is 44.4 Å². The third-order valence-corrected chi connectivity index (χ3v) is 4.17. The maximum absolute atomic E-state index is 12.2. The number of rotatable bonds is 6. The van der Waals surface area contributed by atoms with Gasteiger partial charge in [-0.1, -0.05) is 25.5 Å². The Kier molecular flexibility index (Phi) is 6.03. The molecule has 0 spiro atoms. The lowest BCUT2D eigenvalue weighted by molar-refractivity contribution is -0.131. The van der Waals surface area contributed by atoms with E-state index in [2.05, 4.69) is 22.7 Å². The molecule has 1 amide bonds. The van der Waals surface area contributed by atoms with Crippen LogP contribution in [-0.2, 0) is 11.3 Å². The van der Waals surface area contributed by atoms with Crippen molar-refractivity contribution in [2.24, 2.45) is 0 Å². The van der Waals surface area contributed by atoms with Crippen molar-refractivity contribution < 1.29 is 4.79 Å². The monoisotopic (exact) mass is 289 g/mol.